The maximum absolute atomic E-state index is 13.6. The van der Waals surface area contributed by atoms with E-state index >= 15 is 0 Å². The van der Waals surface area contributed by atoms with Gasteiger partial charge in [0, 0.05) is 50.4 Å². The molecule has 1 aromatic carbocycles. The number of aryl methyl sites for hydroxylation is 1. The minimum atomic E-state index is -2.58. The number of aromatic amines is 1. The van der Waals surface area contributed by atoms with E-state index in [1.54, 1.807) is 18.9 Å². The smallest absolute Gasteiger partial charge is 0.231 e. The summed E-state index contributed by atoms with van der Waals surface area (Å²) in [6.45, 7) is 7.37. The van der Waals surface area contributed by atoms with Crippen LogP contribution < -0.4 is 20.7 Å². The van der Waals surface area contributed by atoms with E-state index in [-0.39, 0.29) is 5.91 Å². The Morgan fingerprint density at radius 3 is 2.69 bits per heavy atom. The Labute approximate surface area is 187 Å². The predicted octanol–water partition coefficient (Wildman–Crippen LogP) is 3.30. The summed E-state index contributed by atoms with van der Waals surface area (Å²) in [7, 11) is -0.995. The highest BCUT2D eigenvalue weighted by atomic mass is 31.2. The second kappa shape index (κ2) is 8.82. The van der Waals surface area contributed by atoms with Gasteiger partial charge in [0.2, 0.25) is 11.9 Å². The molecular formula is C22H29N6O3P. The zero-order valence-electron chi connectivity index (χ0n) is 18.9. The van der Waals surface area contributed by atoms with Gasteiger partial charge in [-0.1, -0.05) is 0 Å². The zero-order chi connectivity index (χ0) is 22.9. The van der Waals surface area contributed by atoms with E-state index in [9.17, 15) is 9.36 Å². The lowest BCUT2D eigenvalue weighted by Gasteiger charge is -2.32. The number of ether oxygens (including phenoxy) is 1. The van der Waals surface area contributed by atoms with Crippen molar-refractivity contribution in [1.29, 1.82) is 0 Å². The number of nitrogens with one attached hydrogen (secondary N) is 3. The van der Waals surface area contributed by atoms with Gasteiger partial charge in [0.1, 0.15) is 24.4 Å². The molecule has 0 unspecified atom stereocenters. The van der Waals surface area contributed by atoms with Crippen LogP contribution >= 0.6 is 7.14 Å². The molecule has 0 radical (unpaired) electrons. The SMILES string of the molecule is CCNc1nc(Nc2ccc(P3(=O)CCN(C(C)=O)CC3)cc2OC)nc2[nH]cc(C)c12. The molecule has 1 saturated heterocycles. The van der Waals surface area contributed by atoms with Crippen molar-refractivity contribution in [1.82, 2.24) is 19.9 Å². The summed E-state index contributed by atoms with van der Waals surface area (Å²) in [6, 6.07) is 5.55. The van der Waals surface area contributed by atoms with Crippen molar-refractivity contribution in [3.8, 4) is 5.75 Å². The highest BCUT2D eigenvalue weighted by Crippen LogP contribution is 2.47. The fraction of sp³-hybridized carbons (Fsp3) is 0.409. The number of benzene rings is 1. The van der Waals surface area contributed by atoms with E-state index in [0.29, 0.717) is 42.8 Å². The zero-order valence-corrected chi connectivity index (χ0v) is 19.8. The molecule has 1 fully saturated rings. The van der Waals surface area contributed by atoms with Gasteiger partial charge in [0.05, 0.1) is 18.2 Å². The monoisotopic (exact) mass is 456 g/mol. The number of H-pyrrole nitrogens is 1. The van der Waals surface area contributed by atoms with Gasteiger partial charge in [-0.2, -0.15) is 9.97 Å². The number of carbonyl (C=O) groups excluding carboxylic acids is 1. The number of fused-ring (bicyclic) bond motifs is 1. The Hall–Kier alpha value is -3.06. The lowest BCUT2D eigenvalue weighted by Crippen LogP contribution is -2.39. The van der Waals surface area contributed by atoms with Crippen molar-refractivity contribution in [2.75, 3.05) is 49.7 Å². The molecule has 170 valence electrons. The quantitative estimate of drug-likeness (QED) is 0.488. The molecular weight excluding hydrogens is 427 g/mol. The summed E-state index contributed by atoms with van der Waals surface area (Å²) >= 11 is 0. The van der Waals surface area contributed by atoms with E-state index < -0.39 is 7.14 Å². The van der Waals surface area contributed by atoms with Crippen LogP contribution in [0.15, 0.2) is 24.4 Å². The van der Waals surface area contributed by atoms with Crippen LogP contribution in [0.1, 0.15) is 19.4 Å². The number of amides is 1. The molecule has 1 aliphatic heterocycles. The van der Waals surface area contributed by atoms with E-state index in [1.165, 1.54) is 0 Å². The van der Waals surface area contributed by atoms with Crippen molar-refractivity contribution >= 4 is 46.8 Å². The van der Waals surface area contributed by atoms with Crippen LogP contribution in [-0.4, -0.2) is 64.8 Å². The standard InChI is InChI=1S/C22H29N6O3P/c1-5-23-20-19-14(2)13-24-21(19)27-22(26-20)25-17-7-6-16(12-18(17)31-4)32(30)10-8-28(9-11-32)15(3)29/h6-7,12-13H,5,8-11H2,1-4H3,(H3,23,24,25,26,27). The minimum absolute atomic E-state index is 0.0274. The summed E-state index contributed by atoms with van der Waals surface area (Å²) in [6.07, 6.45) is 2.88. The van der Waals surface area contributed by atoms with Crippen molar-refractivity contribution in [2.45, 2.75) is 20.8 Å². The van der Waals surface area contributed by atoms with Crippen LogP contribution in [0.2, 0.25) is 0 Å². The summed E-state index contributed by atoms with van der Waals surface area (Å²) < 4.78 is 19.2. The topological polar surface area (TPSA) is 112 Å². The molecule has 1 amide bonds. The average Bonchev–Trinajstić information content (AvgIpc) is 3.15. The summed E-state index contributed by atoms with van der Waals surface area (Å²) in [5.74, 6) is 1.79. The molecule has 1 aliphatic rings. The highest BCUT2D eigenvalue weighted by Gasteiger charge is 2.32. The lowest BCUT2D eigenvalue weighted by atomic mass is 10.2. The number of carbonyl (C=O) groups is 1. The van der Waals surface area contributed by atoms with E-state index in [4.69, 9.17) is 4.74 Å². The third kappa shape index (κ3) is 4.17. The number of rotatable bonds is 6. The molecule has 0 spiro atoms. The fourth-order valence-corrected chi connectivity index (χ4v) is 6.62. The molecule has 3 heterocycles. The van der Waals surface area contributed by atoms with Crippen molar-refractivity contribution < 1.29 is 14.1 Å². The normalized spacial score (nSPS) is 15.6. The number of hydrogen-bond donors (Lipinski definition) is 3. The van der Waals surface area contributed by atoms with Gasteiger partial charge in [-0.05, 0) is 37.6 Å². The fourth-order valence-electron chi connectivity index (χ4n) is 4.06. The van der Waals surface area contributed by atoms with E-state index in [1.807, 2.05) is 38.2 Å². The maximum atomic E-state index is 13.6. The van der Waals surface area contributed by atoms with Crippen LogP contribution in [0.3, 0.4) is 0 Å². The van der Waals surface area contributed by atoms with Gasteiger partial charge in [-0.15, -0.1) is 0 Å². The largest absolute Gasteiger partial charge is 0.495 e. The number of methoxy groups -OCH3 is 1. The Morgan fingerprint density at radius 2 is 2.03 bits per heavy atom. The number of anilines is 3. The summed E-state index contributed by atoms with van der Waals surface area (Å²) in [5.41, 5.74) is 2.51. The summed E-state index contributed by atoms with van der Waals surface area (Å²) in [5, 5.41) is 8.27. The first kappa shape index (κ1) is 22.1. The summed E-state index contributed by atoms with van der Waals surface area (Å²) in [4.78, 5) is 25.8. The van der Waals surface area contributed by atoms with Gasteiger partial charge >= 0.3 is 0 Å². The maximum Gasteiger partial charge on any atom is 0.231 e. The molecule has 0 atom stereocenters. The first-order valence-corrected chi connectivity index (χ1v) is 12.8. The van der Waals surface area contributed by atoms with Crippen LogP contribution in [0.25, 0.3) is 11.0 Å². The Balaban J connectivity index is 1.62. The molecule has 3 aromatic rings. The number of aromatic nitrogens is 3. The molecule has 0 saturated carbocycles. The third-order valence-corrected chi connectivity index (χ3v) is 8.95. The molecule has 0 aliphatic carbocycles. The Bertz CT molecular complexity index is 1200. The van der Waals surface area contributed by atoms with Crippen molar-refractivity contribution in [2.24, 2.45) is 0 Å². The first-order chi connectivity index (χ1) is 15.3. The molecule has 3 N–H and O–H groups in total. The van der Waals surface area contributed by atoms with Gasteiger partial charge < -0.3 is 29.8 Å². The number of hydrogen-bond acceptors (Lipinski definition) is 7. The number of nitrogens with zero attached hydrogens (tertiary/aromatic N) is 3. The van der Waals surface area contributed by atoms with Crippen LogP contribution in [0, 0.1) is 6.92 Å². The van der Waals surface area contributed by atoms with Gasteiger partial charge in [-0.25, -0.2) is 0 Å². The molecule has 4 rings (SSSR count). The van der Waals surface area contributed by atoms with Crippen molar-refractivity contribution in [3.63, 3.8) is 0 Å². The third-order valence-electron chi connectivity index (χ3n) is 5.88. The molecule has 2 aromatic heterocycles. The average molecular weight is 456 g/mol. The minimum Gasteiger partial charge on any atom is -0.495 e. The Kier molecular flexibility index (Phi) is 6.11. The Morgan fingerprint density at radius 1 is 1.28 bits per heavy atom. The molecule has 0 bridgehead atoms. The first-order valence-electron chi connectivity index (χ1n) is 10.7. The van der Waals surface area contributed by atoms with Crippen LogP contribution in [-0.2, 0) is 9.36 Å². The lowest BCUT2D eigenvalue weighted by molar-refractivity contribution is -0.128. The van der Waals surface area contributed by atoms with Gasteiger partial charge in [0.25, 0.3) is 0 Å². The molecule has 9 nitrogen and oxygen atoms in total. The van der Waals surface area contributed by atoms with Gasteiger partial charge in [-0.3, -0.25) is 4.79 Å². The predicted molar refractivity (Wildman–Crippen MR) is 128 cm³/mol. The van der Waals surface area contributed by atoms with E-state index in [2.05, 4.69) is 25.6 Å². The van der Waals surface area contributed by atoms with Crippen molar-refractivity contribution in [3.05, 3.63) is 30.0 Å². The van der Waals surface area contributed by atoms with Gasteiger partial charge in [0.15, 0.2) is 0 Å². The molecule has 32 heavy (non-hydrogen) atoms. The highest BCUT2D eigenvalue weighted by molar-refractivity contribution is 7.71. The molecule has 10 heteroatoms. The van der Waals surface area contributed by atoms with Crippen LogP contribution in [0.4, 0.5) is 17.5 Å². The van der Waals surface area contributed by atoms with E-state index in [0.717, 1.165) is 34.3 Å². The second-order valence-electron chi connectivity index (χ2n) is 7.97. The second-order valence-corrected chi connectivity index (χ2v) is 11.2. The van der Waals surface area contributed by atoms with Crippen LogP contribution in [0.5, 0.6) is 5.75 Å².